The predicted molar refractivity (Wildman–Crippen MR) is 161 cm³/mol. The summed E-state index contributed by atoms with van der Waals surface area (Å²) in [5.74, 6) is 2.74. The Hall–Kier alpha value is -3.70. The molecule has 2 aromatic heterocycles. The van der Waals surface area contributed by atoms with Crippen LogP contribution in [0.5, 0.6) is 0 Å². The molecule has 0 bridgehead atoms. The van der Waals surface area contributed by atoms with Crippen LogP contribution in [0.25, 0.3) is 23.0 Å². The number of nitrogens with zero attached hydrogens (tertiary/aromatic N) is 3. The topological polar surface area (TPSA) is 50.7 Å². The van der Waals surface area contributed by atoms with Gasteiger partial charge in [-0.3, -0.25) is 14.1 Å². The molecule has 0 atom stereocenters. The number of fused-ring (bicyclic) bond motifs is 1. The first-order valence-corrected chi connectivity index (χ1v) is 16.7. The maximum absolute atomic E-state index is 5.10. The molecule has 0 spiro atoms. The van der Waals surface area contributed by atoms with Crippen molar-refractivity contribution >= 4 is 26.6 Å². The second-order valence-corrected chi connectivity index (χ2v) is 18.3. The Morgan fingerprint density at radius 1 is 0.838 bits per heavy atom. The van der Waals surface area contributed by atoms with Gasteiger partial charge in [-0.15, -0.1) is 0 Å². The molecule has 0 saturated heterocycles. The molecule has 4 aromatic rings. The summed E-state index contributed by atoms with van der Waals surface area (Å²) in [6, 6.07) is 25.4. The number of thiol groups is 1. The minimum Gasteiger partial charge on any atom is -0.364 e. The fourth-order valence-corrected chi connectivity index (χ4v) is 6.10. The third-order valence-corrected chi connectivity index (χ3v) is 11.8. The highest BCUT2D eigenvalue weighted by molar-refractivity contribution is 8.48. The Bertz CT molecular complexity index is 1550. The summed E-state index contributed by atoms with van der Waals surface area (Å²) in [4.78, 5) is 16.1. The largest absolute Gasteiger partial charge is 0.364 e. The molecule has 1 N–H and O–H groups in total. The summed E-state index contributed by atoms with van der Waals surface area (Å²) < 4.78 is 0. The van der Waals surface area contributed by atoms with Crippen LogP contribution in [0.3, 0.4) is 0 Å². The minimum atomic E-state index is -1.87. The Balaban J connectivity index is 1.67. The first kappa shape index (κ1) is 25.0. The van der Waals surface area contributed by atoms with E-state index in [1.807, 2.05) is 30.5 Å². The molecule has 190 valence electrons. The molecule has 37 heavy (non-hydrogen) atoms. The van der Waals surface area contributed by atoms with E-state index in [0.29, 0.717) is 6.54 Å². The number of hydrogen-bond donors (Lipinski definition) is 2. The Kier molecular flexibility index (Phi) is 6.74. The average molecular weight is 509 g/mol. The van der Waals surface area contributed by atoms with Crippen molar-refractivity contribution in [1.29, 1.82) is 0 Å². The number of rotatable bonds is 7. The van der Waals surface area contributed by atoms with E-state index in [1.54, 1.807) is 0 Å². The SMILES string of the molecule is CC[SH](C)(C)(C)c1ccc(-c2nc(NCc3ccccn3)c3c(n2)=CCC=CC=3c2ccccc2)cc1. The normalized spacial score (nSPS) is 14.2. The minimum absolute atomic E-state index is 0.584. The lowest BCUT2D eigenvalue weighted by Gasteiger charge is -2.51. The van der Waals surface area contributed by atoms with Crippen molar-refractivity contribution in [3.63, 3.8) is 0 Å². The number of hydrogen-bond acceptors (Lipinski definition) is 4. The molecule has 2 aromatic carbocycles. The Morgan fingerprint density at radius 3 is 2.30 bits per heavy atom. The maximum Gasteiger partial charge on any atom is 0.162 e. The zero-order valence-electron chi connectivity index (χ0n) is 22.1. The lowest BCUT2D eigenvalue weighted by atomic mass is 10.0. The van der Waals surface area contributed by atoms with Crippen LogP contribution in [-0.4, -0.2) is 39.5 Å². The van der Waals surface area contributed by atoms with Gasteiger partial charge in [0.2, 0.25) is 0 Å². The van der Waals surface area contributed by atoms with E-state index in [-0.39, 0.29) is 0 Å². The molecule has 0 aliphatic heterocycles. The third kappa shape index (κ3) is 5.37. The number of allylic oxidation sites excluding steroid dienone is 2. The van der Waals surface area contributed by atoms with Crippen molar-refractivity contribution < 1.29 is 0 Å². The van der Waals surface area contributed by atoms with E-state index in [2.05, 4.69) is 103 Å². The summed E-state index contributed by atoms with van der Waals surface area (Å²) >= 11 is 0. The van der Waals surface area contributed by atoms with Crippen LogP contribution in [-0.2, 0) is 6.54 Å². The zero-order valence-corrected chi connectivity index (χ0v) is 23.0. The summed E-state index contributed by atoms with van der Waals surface area (Å²) in [5, 5.41) is 5.58. The van der Waals surface area contributed by atoms with Crippen molar-refractivity contribution in [3.05, 3.63) is 113 Å². The standard InChI is InChI=1S/C32H36N4S/c1-5-37(2,3,4)27-20-18-25(19-21-27)31-35-29-17-10-9-16-28(24-13-7-6-8-14-24)30(29)32(36-31)34-23-26-15-11-12-22-33-26/h6-9,11-22,37H,5,10,23H2,1-4H3,(H,34,35,36). The summed E-state index contributed by atoms with van der Waals surface area (Å²) in [6.45, 7) is 2.88. The number of pyridine rings is 1. The first-order chi connectivity index (χ1) is 17.8. The number of nitrogens with one attached hydrogen (secondary N) is 1. The highest BCUT2D eigenvalue weighted by Gasteiger charge is 2.25. The van der Waals surface area contributed by atoms with E-state index in [4.69, 9.17) is 9.97 Å². The van der Waals surface area contributed by atoms with Crippen molar-refractivity contribution in [3.8, 4) is 11.4 Å². The molecule has 0 saturated carbocycles. The number of aromatic nitrogens is 3. The van der Waals surface area contributed by atoms with Gasteiger partial charge in [0, 0.05) is 11.8 Å². The van der Waals surface area contributed by atoms with E-state index in [1.165, 1.54) is 10.6 Å². The van der Waals surface area contributed by atoms with Crippen LogP contribution in [0.2, 0.25) is 0 Å². The van der Waals surface area contributed by atoms with Crippen LogP contribution >= 0.6 is 9.16 Å². The summed E-state index contributed by atoms with van der Waals surface area (Å²) in [5.41, 5.74) is 4.27. The smallest absolute Gasteiger partial charge is 0.162 e. The van der Waals surface area contributed by atoms with E-state index in [9.17, 15) is 0 Å². The maximum atomic E-state index is 5.10. The van der Waals surface area contributed by atoms with Gasteiger partial charge in [-0.1, -0.05) is 85.8 Å². The third-order valence-electron chi connectivity index (χ3n) is 7.38. The summed E-state index contributed by atoms with van der Waals surface area (Å²) in [7, 11) is -1.87. The monoisotopic (exact) mass is 508 g/mol. The molecular weight excluding hydrogens is 472 g/mol. The van der Waals surface area contributed by atoms with Gasteiger partial charge in [0.1, 0.15) is 5.82 Å². The lowest BCUT2D eigenvalue weighted by Crippen LogP contribution is -2.35. The first-order valence-electron chi connectivity index (χ1n) is 12.9. The predicted octanol–water partition coefficient (Wildman–Crippen LogP) is 5.43. The van der Waals surface area contributed by atoms with E-state index in [0.717, 1.165) is 51.0 Å². The number of anilines is 1. The molecule has 1 aliphatic rings. The fraction of sp³-hybridized carbons (Fsp3) is 0.219. The average Bonchev–Trinajstić information content (AvgIpc) is 3.15. The van der Waals surface area contributed by atoms with Gasteiger partial charge in [-0.2, -0.15) is 0 Å². The summed E-state index contributed by atoms with van der Waals surface area (Å²) in [6.07, 6.45) is 16.5. The van der Waals surface area contributed by atoms with E-state index < -0.39 is 9.16 Å². The van der Waals surface area contributed by atoms with Gasteiger partial charge in [-0.05, 0) is 59.1 Å². The van der Waals surface area contributed by atoms with E-state index >= 15 is 0 Å². The highest BCUT2D eigenvalue weighted by atomic mass is 32.3. The molecular formula is C32H36N4S. The van der Waals surface area contributed by atoms with Gasteiger partial charge in [0.05, 0.1) is 22.8 Å². The molecule has 0 unspecified atom stereocenters. The quantitative estimate of drug-likeness (QED) is 0.327. The number of benzene rings is 2. The zero-order chi connectivity index (χ0) is 25.9. The van der Waals surface area contributed by atoms with Gasteiger partial charge in [0.15, 0.2) is 5.82 Å². The molecule has 5 rings (SSSR count). The van der Waals surface area contributed by atoms with Crippen molar-refractivity contribution in [2.24, 2.45) is 0 Å². The van der Waals surface area contributed by atoms with Crippen LogP contribution in [0.1, 0.15) is 24.6 Å². The molecule has 0 amide bonds. The Morgan fingerprint density at radius 2 is 1.59 bits per heavy atom. The molecule has 1 aliphatic carbocycles. The second kappa shape index (κ2) is 9.98. The molecule has 4 nitrogen and oxygen atoms in total. The van der Waals surface area contributed by atoms with Gasteiger partial charge >= 0.3 is 0 Å². The lowest BCUT2D eigenvalue weighted by molar-refractivity contribution is 1.01. The van der Waals surface area contributed by atoms with Crippen LogP contribution in [0.15, 0.2) is 96.0 Å². The second-order valence-electron chi connectivity index (χ2n) is 10.9. The van der Waals surface area contributed by atoms with Crippen LogP contribution < -0.4 is 15.9 Å². The molecule has 5 heteroatoms. The fourth-order valence-electron chi connectivity index (χ4n) is 4.48. The highest BCUT2D eigenvalue weighted by Crippen LogP contribution is 2.66. The van der Waals surface area contributed by atoms with Crippen molar-refractivity contribution in [1.82, 2.24) is 15.0 Å². The van der Waals surface area contributed by atoms with Gasteiger partial charge in [0.25, 0.3) is 0 Å². The van der Waals surface area contributed by atoms with Crippen LogP contribution in [0.4, 0.5) is 5.82 Å². The molecule has 2 heterocycles. The Labute approximate surface area is 220 Å². The molecule has 0 fully saturated rings. The van der Waals surface area contributed by atoms with Gasteiger partial charge in [-0.25, -0.2) is 9.97 Å². The molecule has 0 radical (unpaired) electrons. The van der Waals surface area contributed by atoms with Crippen LogP contribution in [0, 0.1) is 0 Å². The van der Waals surface area contributed by atoms with Crippen molar-refractivity contribution in [2.45, 2.75) is 24.8 Å². The van der Waals surface area contributed by atoms with Crippen molar-refractivity contribution in [2.75, 3.05) is 29.8 Å². The van der Waals surface area contributed by atoms with Gasteiger partial charge < -0.3 is 5.32 Å².